The van der Waals surface area contributed by atoms with Crippen molar-refractivity contribution in [3.8, 4) is 0 Å². The first-order valence-electron chi connectivity index (χ1n) is 7.20. The lowest BCUT2D eigenvalue weighted by atomic mass is 10.0. The van der Waals surface area contributed by atoms with E-state index in [2.05, 4.69) is 36.5 Å². The zero-order chi connectivity index (χ0) is 11.7. The summed E-state index contributed by atoms with van der Waals surface area (Å²) in [6, 6.07) is 10.4. The minimum atomic E-state index is 0.631. The van der Waals surface area contributed by atoms with Crippen LogP contribution in [-0.4, -0.2) is 6.04 Å². The number of hydrogen-bond donors (Lipinski definition) is 1. The molecule has 3 unspecified atom stereocenters. The van der Waals surface area contributed by atoms with E-state index in [0.29, 0.717) is 6.04 Å². The summed E-state index contributed by atoms with van der Waals surface area (Å²) in [5.74, 6) is 0.976. The fraction of sp³-hybridized carbons (Fsp3) is 0.625. The molecule has 1 aromatic carbocycles. The molecule has 1 nitrogen and oxygen atoms in total. The Labute approximate surface area is 105 Å². The van der Waals surface area contributed by atoms with E-state index >= 15 is 0 Å². The molecule has 92 valence electrons. The lowest BCUT2D eigenvalue weighted by Gasteiger charge is -2.20. The molecular formula is C16H23N. The average molecular weight is 229 g/mol. The maximum atomic E-state index is 3.90. The van der Waals surface area contributed by atoms with E-state index in [0.717, 1.165) is 12.0 Å². The lowest BCUT2D eigenvalue weighted by Crippen LogP contribution is -2.29. The highest BCUT2D eigenvalue weighted by atomic mass is 15.0. The Bertz CT molecular complexity index is 385. The molecule has 3 atom stereocenters. The second kappa shape index (κ2) is 4.81. The van der Waals surface area contributed by atoms with Crippen molar-refractivity contribution in [3.05, 3.63) is 35.4 Å². The van der Waals surface area contributed by atoms with Crippen LogP contribution >= 0.6 is 0 Å². The normalized spacial score (nSPS) is 31.7. The Morgan fingerprint density at radius 1 is 1.18 bits per heavy atom. The second-order valence-corrected chi connectivity index (χ2v) is 5.74. The molecule has 0 amide bonds. The molecule has 2 aliphatic rings. The van der Waals surface area contributed by atoms with Gasteiger partial charge in [-0.1, -0.05) is 37.6 Å². The van der Waals surface area contributed by atoms with Gasteiger partial charge in [-0.25, -0.2) is 0 Å². The Balaban J connectivity index is 1.64. The first kappa shape index (κ1) is 11.3. The first-order chi connectivity index (χ1) is 8.36. The monoisotopic (exact) mass is 229 g/mol. The van der Waals surface area contributed by atoms with E-state index in [-0.39, 0.29) is 0 Å². The molecule has 1 saturated carbocycles. The van der Waals surface area contributed by atoms with Crippen LogP contribution < -0.4 is 5.32 Å². The molecule has 0 bridgehead atoms. The number of aryl methyl sites for hydroxylation is 1. The highest BCUT2D eigenvalue weighted by molar-refractivity contribution is 5.34. The Morgan fingerprint density at radius 2 is 2.06 bits per heavy atom. The van der Waals surface area contributed by atoms with Crippen molar-refractivity contribution in [2.24, 2.45) is 5.92 Å². The van der Waals surface area contributed by atoms with Crippen LogP contribution in [0.1, 0.15) is 56.2 Å². The Morgan fingerprint density at radius 3 is 2.88 bits per heavy atom. The van der Waals surface area contributed by atoms with Gasteiger partial charge < -0.3 is 5.32 Å². The van der Waals surface area contributed by atoms with E-state index < -0.39 is 0 Å². The predicted molar refractivity (Wildman–Crippen MR) is 72.1 cm³/mol. The predicted octanol–water partition coefficient (Wildman–Crippen LogP) is 3.84. The van der Waals surface area contributed by atoms with Crippen LogP contribution in [0.3, 0.4) is 0 Å². The van der Waals surface area contributed by atoms with Gasteiger partial charge in [0, 0.05) is 12.1 Å². The smallest absolute Gasteiger partial charge is 0.0328 e. The minimum absolute atomic E-state index is 0.631. The van der Waals surface area contributed by atoms with Gasteiger partial charge >= 0.3 is 0 Å². The Hall–Kier alpha value is -0.820. The molecule has 0 heterocycles. The largest absolute Gasteiger partial charge is 0.307 e. The van der Waals surface area contributed by atoms with Gasteiger partial charge in [0.1, 0.15) is 0 Å². The fourth-order valence-electron chi connectivity index (χ4n) is 3.61. The van der Waals surface area contributed by atoms with Gasteiger partial charge in [-0.05, 0) is 49.1 Å². The number of nitrogens with one attached hydrogen (secondary N) is 1. The van der Waals surface area contributed by atoms with Crippen molar-refractivity contribution < 1.29 is 0 Å². The van der Waals surface area contributed by atoms with Crippen LogP contribution in [-0.2, 0) is 6.42 Å². The molecule has 0 aliphatic heterocycles. The van der Waals surface area contributed by atoms with E-state index in [1.54, 1.807) is 11.1 Å². The lowest BCUT2D eigenvalue weighted by molar-refractivity contribution is 0.420. The third kappa shape index (κ3) is 2.26. The first-order valence-corrected chi connectivity index (χ1v) is 7.20. The van der Waals surface area contributed by atoms with Crippen molar-refractivity contribution >= 4 is 0 Å². The molecule has 0 aromatic heterocycles. The van der Waals surface area contributed by atoms with E-state index in [9.17, 15) is 0 Å². The van der Waals surface area contributed by atoms with E-state index in [1.807, 2.05) is 0 Å². The SMILES string of the molecule is CCC1CCC(NC2CCc3ccccc32)C1. The summed E-state index contributed by atoms with van der Waals surface area (Å²) in [4.78, 5) is 0. The van der Waals surface area contributed by atoms with Gasteiger partial charge in [0.25, 0.3) is 0 Å². The van der Waals surface area contributed by atoms with E-state index in [4.69, 9.17) is 0 Å². The van der Waals surface area contributed by atoms with Crippen LogP contribution in [0.4, 0.5) is 0 Å². The Kier molecular flexibility index (Phi) is 3.19. The third-order valence-corrected chi connectivity index (χ3v) is 4.69. The van der Waals surface area contributed by atoms with Crippen molar-refractivity contribution in [1.82, 2.24) is 5.32 Å². The standard InChI is InChI=1S/C16H23N/c1-2-12-7-9-14(11-12)17-16-10-8-13-5-3-4-6-15(13)16/h3-6,12,14,16-17H,2,7-11H2,1H3. The molecule has 0 saturated heterocycles. The van der Waals surface area contributed by atoms with Crippen molar-refractivity contribution in [3.63, 3.8) is 0 Å². The van der Waals surface area contributed by atoms with Gasteiger partial charge in [-0.15, -0.1) is 0 Å². The van der Waals surface area contributed by atoms with Crippen molar-refractivity contribution in [2.45, 2.75) is 57.5 Å². The van der Waals surface area contributed by atoms with Crippen LogP contribution in [0.15, 0.2) is 24.3 Å². The summed E-state index contributed by atoms with van der Waals surface area (Å²) < 4.78 is 0. The molecule has 17 heavy (non-hydrogen) atoms. The topological polar surface area (TPSA) is 12.0 Å². The molecule has 2 aliphatic carbocycles. The molecule has 1 aromatic rings. The molecule has 1 fully saturated rings. The number of hydrogen-bond acceptors (Lipinski definition) is 1. The zero-order valence-electron chi connectivity index (χ0n) is 10.8. The van der Waals surface area contributed by atoms with Gasteiger partial charge in [-0.2, -0.15) is 0 Å². The second-order valence-electron chi connectivity index (χ2n) is 5.74. The molecule has 1 heteroatoms. The van der Waals surface area contributed by atoms with Crippen molar-refractivity contribution in [1.29, 1.82) is 0 Å². The maximum Gasteiger partial charge on any atom is 0.0328 e. The van der Waals surface area contributed by atoms with Gasteiger partial charge in [-0.3, -0.25) is 0 Å². The van der Waals surface area contributed by atoms with Gasteiger partial charge in [0.2, 0.25) is 0 Å². The number of benzene rings is 1. The van der Waals surface area contributed by atoms with Crippen LogP contribution in [0.5, 0.6) is 0 Å². The highest BCUT2D eigenvalue weighted by Gasteiger charge is 2.28. The molecule has 0 radical (unpaired) electrons. The number of rotatable bonds is 3. The minimum Gasteiger partial charge on any atom is -0.307 e. The summed E-state index contributed by atoms with van der Waals surface area (Å²) in [7, 11) is 0. The molecular weight excluding hydrogens is 206 g/mol. The third-order valence-electron chi connectivity index (χ3n) is 4.69. The van der Waals surface area contributed by atoms with Crippen LogP contribution in [0, 0.1) is 5.92 Å². The fourth-order valence-corrected chi connectivity index (χ4v) is 3.61. The number of fused-ring (bicyclic) bond motifs is 1. The van der Waals surface area contributed by atoms with Crippen molar-refractivity contribution in [2.75, 3.05) is 0 Å². The summed E-state index contributed by atoms with van der Waals surface area (Å²) in [5.41, 5.74) is 3.13. The quantitative estimate of drug-likeness (QED) is 0.830. The van der Waals surface area contributed by atoms with Crippen LogP contribution in [0.2, 0.25) is 0 Å². The van der Waals surface area contributed by atoms with Crippen LogP contribution in [0.25, 0.3) is 0 Å². The molecule has 1 N–H and O–H groups in total. The summed E-state index contributed by atoms with van der Waals surface area (Å²) in [6.45, 7) is 2.33. The highest BCUT2D eigenvalue weighted by Crippen LogP contribution is 2.34. The zero-order valence-corrected chi connectivity index (χ0v) is 10.8. The van der Waals surface area contributed by atoms with Gasteiger partial charge in [0.05, 0.1) is 0 Å². The molecule has 0 spiro atoms. The van der Waals surface area contributed by atoms with Gasteiger partial charge in [0.15, 0.2) is 0 Å². The summed E-state index contributed by atoms with van der Waals surface area (Å²) in [5, 5.41) is 3.90. The molecule has 3 rings (SSSR count). The van der Waals surface area contributed by atoms with E-state index in [1.165, 1.54) is 38.5 Å². The summed E-state index contributed by atoms with van der Waals surface area (Å²) in [6.07, 6.45) is 8.14. The maximum absolute atomic E-state index is 3.90. The average Bonchev–Trinajstić information content (AvgIpc) is 2.97. The summed E-state index contributed by atoms with van der Waals surface area (Å²) >= 11 is 0.